The molecule has 0 aromatic heterocycles. The Kier molecular flexibility index (Phi) is 5.89. The van der Waals surface area contributed by atoms with Gasteiger partial charge in [0.2, 0.25) is 0 Å². The predicted octanol–water partition coefficient (Wildman–Crippen LogP) is 6.85. The zero-order valence-corrected chi connectivity index (χ0v) is 17.5. The van der Waals surface area contributed by atoms with Crippen LogP contribution in [0.1, 0.15) is 68.9 Å². The Labute approximate surface area is 175 Å². The molecule has 0 amide bonds. The molecule has 0 heterocycles. The molecule has 0 aliphatic heterocycles. The van der Waals surface area contributed by atoms with Crippen molar-refractivity contribution in [3.05, 3.63) is 77.9 Å². The molecular formula is C27H32O2. The lowest BCUT2D eigenvalue weighted by molar-refractivity contribution is -0.126. The van der Waals surface area contributed by atoms with Crippen LogP contribution in [0.3, 0.4) is 0 Å². The summed E-state index contributed by atoms with van der Waals surface area (Å²) in [5, 5.41) is 0. The third-order valence-electron chi connectivity index (χ3n) is 7.52. The number of allylic oxidation sites excluding steroid dienone is 2. The van der Waals surface area contributed by atoms with Crippen molar-refractivity contribution < 1.29 is 9.53 Å². The Morgan fingerprint density at radius 1 is 0.966 bits per heavy atom. The van der Waals surface area contributed by atoms with Crippen molar-refractivity contribution in [1.29, 1.82) is 0 Å². The van der Waals surface area contributed by atoms with Crippen LogP contribution in [0.4, 0.5) is 0 Å². The first-order chi connectivity index (χ1) is 14.1. The first-order valence-electron chi connectivity index (χ1n) is 11.0. The number of carbonyl (C=O) groups excluding carboxylic acids is 1. The van der Waals surface area contributed by atoms with Gasteiger partial charge in [0.25, 0.3) is 0 Å². The maximum atomic E-state index is 12.1. The molecule has 152 valence electrons. The van der Waals surface area contributed by atoms with Gasteiger partial charge in [0, 0.05) is 5.41 Å². The van der Waals surface area contributed by atoms with Gasteiger partial charge in [-0.25, -0.2) is 0 Å². The van der Waals surface area contributed by atoms with E-state index in [1.165, 1.54) is 30.3 Å². The molecule has 1 unspecified atom stereocenters. The lowest BCUT2D eigenvalue weighted by atomic mass is 9.53. The largest absolute Gasteiger partial charge is 0.489 e. The van der Waals surface area contributed by atoms with E-state index in [1.54, 1.807) is 0 Å². The van der Waals surface area contributed by atoms with Gasteiger partial charge in [0.15, 0.2) is 0 Å². The summed E-state index contributed by atoms with van der Waals surface area (Å²) in [5.74, 6) is 1.52. The molecule has 29 heavy (non-hydrogen) atoms. The standard InChI is InChI=1S/C27H32O2/c1-26(27(21-28)16-6-3-7-17-27)18-14-24(15-19-26)23-10-12-25(13-11-23)29-20-22-8-4-2-5-9-22/h2-6,8-13,21,24H,7,14-20H2,1H3. The molecule has 0 radical (unpaired) electrons. The Morgan fingerprint density at radius 3 is 2.31 bits per heavy atom. The fourth-order valence-electron chi connectivity index (χ4n) is 5.32. The molecule has 0 spiro atoms. The van der Waals surface area contributed by atoms with E-state index in [1.807, 2.05) is 18.2 Å². The molecule has 2 aromatic rings. The summed E-state index contributed by atoms with van der Waals surface area (Å²) >= 11 is 0. The van der Waals surface area contributed by atoms with E-state index in [0.29, 0.717) is 12.5 Å². The highest BCUT2D eigenvalue weighted by atomic mass is 16.5. The minimum absolute atomic E-state index is 0.134. The maximum Gasteiger partial charge on any atom is 0.127 e. The molecule has 2 nitrogen and oxygen atoms in total. The highest BCUT2D eigenvalue weighted by Crippen LogP contribution is 2.56. The van der Waals surface area contributed by atoms with Crippen molar-refractivity contribution in [2.24, 2.45) is 10.8 Å². The van der Waals surface area contributed by atoms with Crippen molar-refractivity contribution in [3.63, 3.8) is 0 Å². The second-order valence-corrected chi connectivity index (χ2v) is 9.17. The number of aldehydes is 1. The molecular weight excluding hydrogens is 356 g/mol. The first-order valence-corrected chi connectivity index (χ1v) is 11.0. The normalized spacial score (nSPS) is 29.3. The van der Waals surface area contributed by atoms with E-state index in [0.717, 1.165) is 37.9 Å². The van der Waals surface area contributed by atoms with E-state index in [4.69, 9.17) is 4.74 Å². The fraction of sp³-hybridized carbons (Fsp3) is 0.444. The molecule has 1 fully saturated rings. The lowest BCUT2D eigenvalue weighted by Crippen LogP contribution is -2.44. The smallest absolute Gasteiger partial charge is 0.127 e. The number of benzene rings is 2. The molecule has 2 aliphatic carbocycles. The van der Waals surface area contributed by atoms with Crippen LogP contribution < -0.4 is 4.74 Å². The van der Waals surface area contributed by atoms with Crippen LogP contribution >= 0.6 is 0 Å². The van der Waals surface area contributed by atoms with E-state index in [-0.39, 0.29) is 10.8 Å². The van der Waals surface area contributed by atoms with Crippen LogP contribution in [0.2, 0.25) is 0 Å². The Morgan fingerprint density at radius 2 is 1.69 bits per heavy atom. The van der Waals surface area contributed by atoms with Gasteiger partial charge in [0.1, 0.15) is 18.6 Å². The van der Waals surface area contributed by atoms with Gasteiger partial charge in [-0.15, -0.1) is 0 Å². The number of hydrogen-bond acceptors (Lipinski definition) is 2. The number of carbonyl (C=O) groups is 1. The Bertz CT molecular complexity index is 829. The third kappa shape index (κ3) is 4.17. The second kappa shape index (κ2) is 8.57. The minimum atomic E-state index is -0.151. The molecule has 2 heteroatoms. The zero-order valence-electron chi connectivity index (χ0n) is 17.5. The van der Waals surface area contributed by atoms with Crippen molar-refractivity contribution >= 4 is 6.29 Å². The molecule has 2 aromatic carbocycles. The summed E-state index contributed by atoms with van der Waals surface area (Å²) in [7, 11) is 0. The van der Waals surface area contributed by atoms with Crippen LogP contribution in [0.5, 0.6) is 5.75 Å². The maximum absolute atomic E-state index is 12.1. The highest BCUT2D eigenvalue weighted by molar-refractivity contribution is 5.62. The van der Waals surface area contributed by atoms with E-state index < -0.39 is 0 Å². The van der Waals surface area contributed by atoms with Gasteiger partial charge < -0.3 is 9.53 Å². The molecule has 1 saturated carbocycles. The SMILES string of the molecule is CC1(C2(C=O)CC=CCC2)CCC(c2ccc(OCc3ccccc3)cc2)CC1. The minimum Gasteiger partial charge on any atom is -0.489 e. The Balaban J connectivity index is 1.36. The van der Waals surface area contributed by atoms with Crippen molar-refractivity contribution in [2.75, 3.05) is 0 Å². The van der Waals surface area contributed by atoms with Crippen LogP contribution in [-0.2, 0) is 11.4 Å². The summed E-state index contributed by atoms with van der Waals surface area (Å²) in [5.41, 5.74) is 2.57. The van der Waals surface area contributed by atoms with Gasteiger partial charge in [-0.1, -0.05) is 61.5 Å². The first kappa shape index (κ1) is 19.9. The van der Waals surface area contributed by atoms with Gasteiger partial charge in [-0.05, 0) is 79.5 Å². The monoisotopic (exact) mass is 388 g/mol. The molecule has 0 bridgehead atoms. The Hall–Kier alpha value is -2.35. The van der Waals surface area contributed by atoms with Gasteiger partial charge in [-0.2, -0.15) is 0 Å². The molecule has 0 N–H and O–H groups in total. The average molecular weight is 389 g/mol. The quantitative estimate of drug-likeness (QED) is 0.399. The van der Waals surface area contributed by atoms with Gasteiger partial charge in [0.05, 0.1) is 0 Å². The number of hydrogen-bond donors (Lipinski definition) is 0. The third-order valence-corrected chi connectivity index (χ3v) is 7.52. The summed E-state index contributed by atoms with van der Waals surface area (Å²) in [6.45, 7) is 2.96. The van der Waals surface area contributed by atoms with Crippen LogP contribution in [-0.4, -0.2) is 6.29 Å². The van der Waals surface area contributed by atoms with Crippen molar-refractivity contribution in [3.8, 4) is 5.75 Å². The predicted molar refractivity (Wildman–Crippen MR) is 118 cm³/mol. The fourth-order valence-corrected chi connectivity index (χ4v) is 5.32. The van der Waals surface area contributed by atoms with Crippen LogP contribution in [0.25, 0.3) is 0 Å². The van der Waals surface area contributed by atoms with Crippen molar-refractivity contribution in [1.82, 2.24) is 0 Å². The lowest BCUT2D eigenvalue weighted by Gasteiger charge is -2.50. The average Bonchev–Trinajstić information content (AvgIpc) is 2.80. The number of rotatable bonds is 6. The van der Waals surface area contributed by atoms with Gasteiger partial charge in [-0.3, -0.25) is 0 Å². The summed E-state index contributed by atoms with van der Waals surface area (Å²) in [4.78, 5) is 12.1. The van der Waals surface area contributed by atoms with E-state index >= 15 is 0 Å². The van der Waals surface area contributed by atoms with E-state index in [2.05, 4.69) is 55.5 Å². The topological polar surface area (TPSA) is 26.3 Å². The molecule has 4 rings (SSSR count). The van der Waals surface area contributed by atoms with Gasteiger partial charge >= 0.3 is 0 Å². The second-order valence-electron chi connectivity index (χ2n) is 9.17. The van der Waals surface area contributed by atoms with Crippen LogP contribution in [0, 0.1) is 10.8 Å². The molecule has 0 saturated heterocycles. The summed E-state index contributed by atoms with van der Waals surface area (Å²) in [6.07, 6.45) is 13.3. The summed E-state index contributed by atoms with van der Waals surface area (Å²) in [6, 6.07) is 18.9. The molecule has 2 aliphatic rings. The number of ether oxygens (including phenoxy) is 1. The van der Waals surface area contributed by atoms with E-state index in [9.17, 15) is 4.79 Å². The summed E-state index contributed by atoms with van der Waals surface area (Å²) < 4.78 is 5.93. The van der Waals surface area contributed by atoms with Crippen LogP contribution in [0.15, 0.2) is 66.7 Å². The zero-order chi connectivity index (χ0) is 20.2. The molecule has 1 atom stereocenters. The van der Waals surface area contributed by atoms with Crippen molar-refractivity contribution in [2.45, 2.75) is 64.4 Å². The highest BCUT2D eigenvalue weighted by Gasteiger charge is 2.49.